The van der Waals surface area contributed by atoms with Gasteiger partial charge in [0.05, 0.1) is 27.4 Å². The van der Waals surface area contributed by atoms with Crippen molar-refractivity contribution in [2.45, 2.75) is 25.8 Å². The fourth-order valence-corrected chi connectivity index (χ4v) is 3.08. The van der Waals surface area contributed by atoms with Gasteiger partial charge < -0.3 is 24.3 Å². The second kappa shape index (κ2) is 12.3. The minimum Gasteiger partial charge on any atom is -0.493 e. The molecule has 7 nitrogen and oxygen atoms in total. The third-order valence-corrected chi connectivity index (χ3v) is 4.56. The second-order valence-electron chi connectivity index (χ2n) is 6.72. The minimum atomic E-state index is -0.629. The summed E-state index contributed by atoms with van der Waals surface area (Å²) in [6.07, 6.45) is 4.51. The predicted octanol–water partition coefficient (Wildman–Crippen LogP) is 3.93. The Bertz CT molecular complexity index is 869. The number of nitrogens with one attached hydrogen (secondary N) is 1. The van der Waals surface area contributed by atoms with Crippen LogP contribution in [0.1, 0.15) is 36.9 Å². The molecule has 0 aliphatic rings. The molecule has 2 rings (SSSR count). The molecule has 0 spiro atoms. The number of hydrogen-bond donors (Lipinski definition) is 1. The number of esters is 1. The summed E-state index contributed by atoms with van der Waals surface area (Å²) in [5, 5.41) is 2.92. The first kappa shape index (κ1) is 23.8. The third kappa shape index (κ3) is 7.06. The van der Waals surface area contributed by atoms with Crippen LogP contribution in [-0.4, -0.2) is 39.8 Å². The highest BCUT2D eigenvalue weighted by Crippen LogP contribution is 2.38. The highest BCUT2D eigenvalue weighted by Gasteiger charge is 2.15. The van der Waals surface area contributed by atoms with Gasteiger partial charge in [-0.3, -0.25) is 4.79 Å². The molecule has 0 fully saturated rings. The number of methoxy groups -OCH3 is 3. The molecule has 0 aromatic heterocycles. The highest BCUT2D eigenvalue weighted by atomic mass is 16.5. The van der Waals surface area contributed by atoms with E-state index in [0.717, 1.165) is 18.4 Å². The monoisotopic (exact) mass is 427 g/mol. The molecule has 0 bridgehead atoms. The molecule has 0 aliphatic carbocycles. The van der Waals surface area contributed by atoms with Crippen molar-refractivity contribution in [1.29, 1.82) is 0 Å². The van der Waals surface area contributed by atoms with Crippen LogP contribution < -0.4 is 19.5 Å². The maximum atomic E-state index is 12.3. The lowest BCUT2D eigenvalue weighted by Gasteiger charge is -2.18. The van der Waals surface area contributed by atoms with Gasteiger partial charge in [0, 0.05) is 6.08 Å². The predicted molar refractivity (Wildman–Crippen MR) is 118 cm³/mol. The van der Waals surface area contributed by atoms with Gasteiger partial charge in [-0.25, -0.2) is 4.79 Å². The Morgan fingerprint density at radius 2 is 1.65 bits per heavy atom. The van der Waals surface area contributed by atoms with E-state index in [0.29, 0.717) is 22.8 Å². The summed E-state index contributed by atoms with van der Waals surface area (Å²) in [6, 6.07) is 13.0. The van der Waals surface area contributed by atoms with Gasteiger partial charge in [-0.05, 0) is 35.8 Å². The van der Waals surface area contributed by atoms with Crippen LogP contribution in [-0.2, 0) is 14.3 Å². The van der Waals surface area contributed by atoms with Gasteiger partial charge in [-0.2, -0.15) is 0 Å². The number of carbonyl (C=O) groups excluding carboxylic acids is 2. The fraction of sp³-hybridized carbons (Fsp3) is 0.333. The third-order valence-electron chi connectivity index (χ3n) is 4.56. The number of rotatable bonds is 11. The first-order valence-corrected chi connectivity index (χ1v) is 10.0. The number of ether oxygens (including phenoxy) is 4. The van der Waals surface area contributed by atoms with Gasteiger partial charge in [0.1, 0.15) is 0 Å². The molecule has 7 heteroatoms. The molecule has 0 unspecified atom stereocenters. The Morgan fingerprint density at radius 3 is 2.19 bits per heavy atom. The molecular formula is C24H29NO6. The Kier molecular flexibility index (Phi) is 9.42. The molecule has 2 aromatic carbocycles. The number of benzene rings is 2. The van der Waals surface area contributed by atoms with Crippen molar-refractivity contribution in [2.24, 2.45) is 0 Å². The van der Waals surface area contributed by atoms with E-state index in [9.17, 15) is 9.59 Å². The Labute approximate surface area is 183 Å². The average molecular weight is 427 g/mol. The molecule has 31 heavy (non-hydrogen) atoms. The molecule has 0 saturated heterocycles. The molecule has 1 N–H and O–H groups in total. The van der Waals surface area contributed by atoms with Crippen molar-refractivity contribution in [3.8, 4) is 17.2 Å². The van der Waals surface area contributed by atoms with Gasteiger partial charge in [0.15, 0.2) is 18.1 Å². The van der Waals surface area contributed by atoms with Crippen molar-refractivity contribution in [3.05, 3.63) is 59.7 Å². The van der Waals surface area contributed by atoms with E-state index < -0.39 is 5.97 Å². The van der Waals surface area contributed by atoms with E-state index >= 15 is 0 Å². The van der Waals surface area contributed by atoms with E-state index in [1.807, 2.05) is 30.3 Å². The molecule has 166 valence electrons. The van der Waals surface area contributed by atoms with Crippen LogP contribution in [0.3, 0.4) is 0 Å². The SMILES string of the molecule is CCC[C@@H](NC(=O)COC(=O)/C=C/c1cc(OC)c(OC)c(OC)c1)c1ccccc1. The molecular weight excluding hydrogens is 398 g/mol. The Hall–Kier alpha value is -3.48. The van der Waals surface area contributed by atoms with Crippen LogP contribution in [0.5, 0.6) is 17.2 Å². The smallest absolute Gasteiger partial charge is 0.331 e. The Morgan fingerprint density at radius 1 is 1.00 bits per heavy atom. The summed E-state index contributed by atoms with van der Waals surface area (Å²) in [6.45, 7) is 1.70. The van der Waals surface area contributed by atoms with Crippen molar-refractivity contribution in [3.63, 3.8) is 0 Å². The molecule has 0 saturated carbocycles. The number of carbonyl (C=O) groups is 2. The maximum absolute atomic E-state index is 12.3. The van der Waals surface area contributed by atoms with Gasteiger partial charge in [-0.1, -0.05) is 43.7 Å². The van der Waals surface area contributed by atoms with E-state index in [2.05, 4.69) is 12.2 Å². The molecule has 2 aromatic rings. The zero-order chi connectivity index (χ0) is 22.6. The lowest BCUT2D eigenvalue weighted by Crippen LogP contribution is -2.32. The fourth-order valence-electron chi connectivity index (χ4n) is 3.08. The highest BCUT2D eigenvalue weighted by molar-refractivity contribution is 5.89. The summed E-state index contributed by atoms with van der Waals surface area (Å²) >= 11 is 0. The van der Waals surface area contributed by atoms with Crippen LogP contribution in [0.25, 0.3) is 6.08 Å². The van der Waals surface area contributed by atoms with Crippen molar-refractivity contribution in [2.75, 3.05) is 27.9 Å². The lowest BCUT2D eigenvalue weighted by molar-refractivity contribution is -0.144. The molecule has 1 atom stereocenters. The zero-order valence-corrected chi connectivity index (χ0v) is 18.3. The van der Waals surface area contributed by atoms with Gasteiger partial charge >= 0.3 is 5.97 Å². The van der Waals surface area contributed by atoms with Crippen LogP contribution in [0.15, 0.2) is 48.5 Å². The topological polar surface area (TPSA) is 83.1 Å². The van der Waals surface area contributed by atoms with Crippen LogP contribution >= 0.6 is 0 Å². The molecule has 1 amide bonds. The first-order valence-electron chi connectivity index (χ1n) is 10.0. The van der Waals surface area contributed by atoms with Crippen LogP contribution in [0, 0.1) is 0 Å². The summed E-state index contributed by atoms with van der Waals surface area (Å²) in [7, 11) is 4.54. The Balaban J connectivity index is 1.95. The summed E-state index contributed by atoms with van der Waals surface area (Å²) in [4.78, 5) is 24.3. The van der Waals surface area contributed by atoms with E-state index in [-0.39, 0.29) is 18.6 Å². The zero-order valence-electron chi connectivity index (χ0n) is 18.3. The summed E-state index contributed by atoms with van der Waals surface area (Å²) < 4.78 is 20.9. The van der Waals surface area contributed by atoms with Crippen molar-refractivity contribution < 1.29 is 28.5 Å². The van der Waals surface area contributed by atoms with Crippen LogP contribution in [0.4, 0.5) is 0 Å². The number of amides is 1. The lowest BCUT2D eigenvalue weighted by atomic mass is 10.0. The standard InChI is InChI=1S/C24H29NO6/c1-5-9-19(18-10-7-6-8-11-18)25-22(26)16-31-23(27)13-12-17-14-20(28-2)24(30-4)21(15-17)29-3/h6-8,10-15,19H,5,9,16H2,1-4H3,(H,25,26)/b13-12+/t19-/m1/s1. The van der Waals surface area contributed by atoms with Gasteiger partial charge in [0.2, 0.25) is 5.75 Å². The second-order valence-corrected chi connectivity index (χ2v) is 6.72. The van der Waals surface area contributed by atoms with Crippen molar-refractivity contribution >= 4 is 18.0 Å². The van der Waals surface area contributed by atoms with Gasteiger partial charge in [0.25, 0.3) is 5.91 Å². The number of hydrogen-bond acceptors (Lipinski definition) is 6. The quantitative estimate of drug-likeness (QED) is 0.432. The van der Waals surface area contributed by atoms with Gasteiger partial charge in [-0.15, -0.1) is 0 Å². The average Bonchev–Trinajstić information content (AvgIpc) is 2.80. The maximum Gasteiger partial charge on any atom is 0.331 e. The minimum absolute atomic E-state index is 0.118. The molecule has 0 radical (unpaired) electrons. The largest absolute Gasteiger partial charge is 0.493 e. The van der Waals surface area contributed by atoms with Crippen molar-refractivity contribution in [1.82, 2.24) is 5.32 Å². The van der Waals surface area contributed by atoms with E-state index in [1.165, 1.54) is 27.4 Å². The van der Waals surface area contributed by atoms with E-state index in [1.54, 1.807) is 18.2 Å². The summed E-state index contributed by atoms with van der Waals surface area (Å²) in [5.74, 6) is 0.420. The first-order chi connectivity index (χ1) is 15.0. The molecule has 0 aliphatic heterocycles. The normalized spacial score (nSPS) is 11.6. The van der Waals surface area contributed by atoms with E-state index in [4.69, 9.17) is 18.9 Å². The van der Waals surface area contributed by atoms with Crippen LogP contribution in [0.2, 0.25) is 0 Å². The molecule has 0 heterocycles. The summed E-state index contributed by atoms with van der Waals surface area (Å²) in [5.41, 5.74) is 1.68.